The van der Waals surface area contributed by atoms with Gasteiger partial charge in [0.2, 0.25) is 0 Å². The van der Waals surface area contributed by atoms with E-state index in [0.29, 0.717) is 0 Å². The standard InChI is InChI=1S/C15H19N3S2/c1-11-2-3-13-14(8-11)20-15(16-13)18-9-12(10-18)17-4-6-19-7-5-17/h2-3,8,12H,4-7,9-10H2,1H3. The number of thiazole rings is 1. The minimum absolute atomic E-state index is 0.754. The second-order valence-electron chi connectivity index (χ2n) is 5.67. The second kappa shape index (κ2) is 5.20. The number of aromatic nitrogens is 1. The summed E-state index contributed by atoms with van der Waals surface area (Å²) in [5.41, 5.74) is 2.47. The average Bonchev–Trinajstić information content (AvgIpc) is 2.80. The second-order valence-corrected chi connectivity index (χ2v) is 7.91. The summed E-state index contributed by atoms with van der Waals surface area (Å²) in [6.07, 6.45) is 0. The molecule has 0 bridgehead atoms. The van der Waals surface area contributed by atoms with Crippen LogP contribution in [0.1, 0.15) is 5.56 Å². The van der Waals surface area contributed by atoms with E-state index in [1.807, 2.05) is 11.3 Å². The van der Waals surface area contributed by atoms with Crippen molar-refractivity contribution in [3.8, 4) is 0 Å². The highest BCUT2D eigenvalue weighted by Gasteiger charge is 2.33. The van der Waals surface area contributed by atoms with Gasteiger partial charge in [0.1, 0.15) is 0 Å². The first kappa shape index (κ1) is 12.9. The summed E-state index contributed by atoms with van der Waals surface area (Å²) in [5.74, 6) is 2.60. The molecule has 0 amide bonds. The van der Waals surface area contributed by atoms with Crippen LogP contribution in [0.3, 0.4) is 0 Å². The largest absolute Gasteiger partial charge is 0.345 e. The molecule has 2 aromatic rings. The quantitative estimate of drug-likeness (QED) is 0.849. The number of hydrogen-bond donors (Lipinski definition) is 0. The maximum atomic E-state index is 4.78. The molecule has 2 fully saturated rings. The maximum Gasteiger partial charge on any atom is 0.186 e. The lowest BCUT2D eigenvalue weighted by Crippen LogP contribution is -2.61. The van der Waals surface area contributed by atoms with Gasteiger partial charge in [0.25, 0.3) is 0 Å². The first-order valence-corrected chi connectivity index (χ1v) is 9.21. The van der Waals surface area contributed by atoms with E-state index in [1.54, 1.807) is 0 Å². The Morgan fingerprint density at radius 2 is 2.00 bits per heavy atom. The molecule has 2 saturated heterocycles. The average molecular weight is 305 g/mol. The lowest BCUT2D eigenvalue weighted by Gasteiger charge is -2.46. The molecule has 0 saturated carbocycles. The highest BCUT2D eigenvalue weighted by Crippen LogP contribution is 2.33. The zero-order chi connectivity index (χ0) is 13.5. The molecule has 3 nitrogen and oxygen atoms in total. The van der Waals surface area contributed by atoms with Gasteiger partial charge in [-0.25, -0.2) is 4.98 Å². The molecule has 0 radical (unpaired) electrons. The molecule has 0 spiro atoms. The Morgan fingerprint density at radius 1 is 1.20 bits per heavy atom. The third-order valence-corrected chi connectivity index (χ3v) is 6.25. The Hall–Kier alpha value is -0.780. The molecule has 2 aliphatic heterocycles. The van der Waals surface area contributed by atoms with E-state index in [9.17, 15) is 0 Å². The van der Waals surface area contributed by atoms with Crippen LogP contribution in [0.4, 0.5) is 5.13 Å². The predicted octanol–water partition coefficient (Wildman–Crippen LogP) is 2.84. The third kappa shape index (κ3) is 2.32. The van der Waals surface area contributed by atoms with Crippen LogP contribution in [-0.2, 0) is 0 Å². The van der Waals surface area contributed by atoms with Crippen LogP contribution >= 0.6 is 23.1 Å². The summed E-state index contributed by atoms with van der Waals surface area (Å²) < 4.78 is 1.32. The molecule has 20 heavy (non-hydrogen) atoms. The predicted molar refractivity (Wildman–Crippen MR) is 89.3 cm³/mol. The minimum atomic E-state index is 0.754. The highest BCUT2D eigenvalue weighted by atomic mass is 32.2. The number of hydrogen-bond acceptors (Lipinski definition) is 5. The summed E-state index contributed by atoms with van der Waals surface area (Å²) in [6.45, 7) is 6.99. The van der Waals surface area contributed by atoms with Crippen LogP contribution in [0, 0.1) is 6.92 Å². The van der Waals surface area contributed by atoms with Crippen molar-refractivity contribution in [3.63, 3.8) is 0 Å². The first-order chi connectivity index (χ1) is 9.79. The molecule has 1 aromatic heterocycles. The van der Waals surface area contributed by atoms with Crippen molar-refractivity contribution >= 4 is 38.4 Å². The number of aryl methyl sites for hydroxylation is 1. The molecular formula is C15H19N3S2. The van der Waals surface area contributed by atoms with Crippen molar-refractivity contribution in [2.45, 2.75) is 13.0 Å². The van der Waals surface area contributed by atoms with Gasteiger partial charge in [-0.2, -0.15) is 11.8 Å². The Balaban J connectivity index is 1.46. The van der Waals surface area contributed by atoms with Crippen LogP contribution in [0.25, 0.3) is 10.2 Å². The van der Waals surface area contributed by atoms with E-state index in [0.717, 1.165) is 24.6 Å². The summed E-state index contributed by atoms with van der Waals surface area (Å²) in [6, 6.07) is 7.29. The van der Waals surface area contributed by atoms with Gasteiger partial charge in [-0.3, -0.25) is 4.90 Å². The SMILES string of the molecule is Cc1ccc2nc(N3CC(N4CCSCC4)C3)sc2c1. The topological polar surface area (TPSA) is 19.4 Å². The molecule has 0 N–H and O–H groups in total. The van der Waals surface area contributed by atoms with Gasteiger partial charge >= 0.3 is 0 Å². The van der Waals surface area contributed by atoms with Crippen molar-refractivity contribution in [2.24, 2.45) is 0 Å². The van der Waals surface area contributed by atoms with Crippen LogP contribution in [0.15, 0.2) is 18.2 Å². The lowest BCUT2D eigenvalue weighted by atomic mass is 10.1. The van der Waals surface area contributed by atoms with Crippen molar-refractivity contribution in [2.75, 3.05) is 42.6 Å². The minimum Gasteiger partial charge on any atom is -0.345 e. The van der Waals surface area contributed by atoms with Gasteiger partial charge in [-0.15, -0.1) is 0 Å². The van der Waals surface area contributed by atoms with Crippen LogP contribution in [0.2, 0.25) is 0 Å². The lowest BCUT2D eigenvalue weighted by molar-refractivity contribution is 0.183. The number of benzene rings is 1. The van der Waals surface area contributed by atoms with Crippen molar-refractivity contribution in [1.29, 1.82) is 0 Å². The zero-order valence-electron chi connectivity index (χ0n) is 11.7. The Morgan fingerprint density at radius 3 is 2.80 bits per heavy atom. The molecule has 3 heterocycles. The van der Waals surface area contributed by atoms with Crippen molar-refractivity contribution in [1.82, 2.24) is 9.88 Å². The number of thioether (sulfide) groups is 1. The molecule has 0 atom stereocenters. The van der Waals surface area contributed by atoms with Crippen LogP contribution in [0.5, 0.6) is 0 Å². The van der Waals surface area contributed by atoms with Crippen molar-refractivity contribution in [3.05, 3.63) is 23.8 Å². The molecule has 4 rings (SSSR count). The normalized spacial score (nSPS) is 21.4. The summed E-state index contributed by atoms with van der Waals surface area (Å²) in [4.78, 5) is 9.87. The summed E-state index contributed by atoms with van der Waals surface area (Å²) in [5, 5.41) is 1.20. The molecule has 0 unspecified atom stereocenters. The number of fused-ring (bicyclic) bond motifs is 1. The van der Waals surface area contributed by atoms with E-state index in [-0.39, 0.29) is 0 Å². The smallest absolute Gasteiger partial charge is 0.186 e. The number of rotatable bonds is 2. The van der Waals surface area contributed by atoms with Gasteiger partial charge in [0.05, 0.1) is 10.2 Å². The Kier molecular flexibility index (Phi) is 3.36. The maximum absolute atomic E-state index is 4.78. The summed E-state index contributed by atoms with van der Waals surface area (Å²) in [7, 11) is 0. The van der Waals surface area contributed by atoms with E-state index >= 15 is 0 Å². The molecule has 2 aliphatic rings. The third-order valence-electron chi connectivity index (χ3n) is 4.23. The fourth-order valence-electron chi connectivity index (χ4n) is 2.94. The van der Waals surface area contributed by atoms with Gasteiger partial charge in [-0.1, -0.05) is 17.4 Å². The number of anilines is 1. The fourth-order valence-corrected chi connectivity index (χ4v) is 4.95. The van der Waals surface area contributed by atoms with Gasteiger partial charge < -0.3 is 4.90 Å². The van der Waals surface area contributed by atoms with E-state index in [1.165, 1.54) is 40.0 Å². The Labute approximate surface area is 128 Å². The highest BCUT2D eigenvalue weighted by molar-refractivity contribution is 7.99. The van der Waals surface area contributed by atoms with E-state index in [4.69, 9.17) is 4.98 Å². The van der Waals surface area contributed by atoms with Crippen LogP contribution in [-0.4, -0.2) is 53.6 Å². The molecule has 1 aromatic carbocycles. The van der Waals surface area contributed by atoms with E-state index in [2.05, 4.69) is 46.7 Å². The van der Waals surface area contributed by atoms with Gasteiger partial charge in [-0.05, 0) is 24.6 Å². The zero-order valence-corrected chi connectivity index (χ0v) is 13.3. The monoisotopic (exact) mass is 305 g/mol. The molecular weight excluding hydrogens is 286 g/mol. The van der Waals surface area contributed by atoms with Crippen molar-refractivity contribution < 1.29 is 0 Å². The van der Waals surface area contributed by atoms with E-state index < -0.39 is 0 Å². The molecule has 0 aliphatic carbocycles. The van der Waals surface area contributed by atoms with Crippen LogP contribution < -0.4 is 4.90 Å². The summed E-state index contributed by atoms with van der Waals surface area (Å²) >= 11 is 3.92. The fraction of sp³-hybridized carbons (Fsp3) is 0.533. The first-order valence-electron chi connectivity index (χ1n) is 7.23. The molecule has 5 heteroatoms. The number of nitrogens with zero attached hydrogens (tertiary/aromatic N) is 3. The Bertz CT molecular complexity index is 613. The molecule has 106 valence electrons. The van der Waals surface area contributed by atoms with Gasteiger partial charge in [0, 0.05) is 43.7 Å². The van der Waals surface area contributed by atoms with Gasteiger partial charge in [0.15, 0.2) is 5.13 Å².